The number of aromatic nitrogens is 2. The van der Waals surface area contributed by atoms with E-state index < -0.39 is 28.9 Å². The van der Waals surface area contributed by atoms with Gasteiger partial charge in [0.05, 0.1) is 16.5 Å². The van der Waals surface area contributed by atoms with Crippen molar-refractivity contribution >= 4 is 16.8 Å². The molecule has 0 unspecified atom stereocenters. The molecule has 272 valence electrons. The first-order chi connectivity index (χ1) is 25.1. The van der Waals surface area contributed by atoms with Gasteiger partial charge in [-0.25, -0.2) is 8.78 Å². The standard InChI is InChI=1S/C41H41F5N4O2/c42-35-11-8-9-32(39(35)43)19-22-37-47-40(52)34-10-2-3-12-36(34)50(37)28-38(51)49(26-7-6-25-48-23-4-1-5-24-48)27-29-13-15-30(16-14-29)31-17-20-33(21-18-31)41(44,45)46/h2-3,8-18,20-21H,1,4-7,19,22-28H2. The minimum absolute atomic E-state index is 0.0774. The van der Waals surface area contributed by atoms with Crippen LogP contribution in [-0.2, 0) is 36.9 Å². The summed E-state index contributed by atoms with van der Waals surface area (Å²) < 4.78 is 69.4. The Morgan fingerprint density at radius 1 is 0.788 bits per heavy atom. The van der Waals surface area contributed by atoms with Crippen LogP contribution >= 0.6 is 0 Å². The molecule has 1 aromatic heterocycles. The summed E-state index contributed by atoms with van der Waals surface area (Å²) in [5, 5.41) is 0.350. The number of rotatable bonds is 13. The number of alkyl halides is 3. The lowest BCUT2D eigenvalue weighted by Crippen LogP contribution is -2.36. The second kappa shape index (κ2) is 16.6. The maximum absolute atomic E-state index is 14.5. The molecule has 6 rings (SSSR count). The van der Waals surface area contributed by atoms with E-state index in [1.54, 1.807) is 33.7 Å². The molecule has 0 saturated carbocycles. The number of piperidine rings is 1. The average Bonchev–Trinajstić information content (AvgIpc) is 3.15. The number of carbonyl (C=O) groups excluding carboxylic acids is 1. The molecule has 6 nitrogen and oxygen atoms in total. The Morgan fingerprint density at radius 3 is 2.19 bits per heavy atom. The number of benzene rings is 4. The van der Waals surface area contributed by atoms with Crippen molar-refractivity contribution in [3.05, 3.63) is 135 Å². The van der Waals surface area contributed by atoms with Crippen LogP contribution in [0.1, 0.15) is 54.6 Å². The van der Waals surface area contributed by atoms with Gasteiger partial charge in [-0.3, -0.25) is 9.59 Å². The van der Waals surface area contributed by atoms with Crippen molar-refractivity contribution in [2.75, 3.05) is 26.2 Å². The molecule has 0 radical (unpaired) electrons. The normalized spacial score (nSPS) is 13.8. The lowest BCUT2D eigenvalue weighted by Gasteiger charge is -2.28. The SMILES string of the molecule is O=C(Cn1c(CCc2cccc(F)c2F)nc(=O)c2ccccc21)N(CCCCN1CCCCC1)Cc1ccc(-c2ccc(C(F)(F)F)cc2)cc1. The van der Waals surface area contributed by atoms with Gasteiger partial charge in [-0.15, -0.1) is 0 Å². The highest BCUT2D eigenvalue weighted by atomic mass is 19.4. The molecular formula is C41H41F5N4O2. The molecule has 1 fully saturated rings. The number of hydrogen-bond acceptors (Lipinski definition) is 4. The van der Waals surface area contributed by atoms with E-state index in [1.807, 2.05) is 24.3 Å². The highest BCUT2D eigenvalue weighted by Gasteiger charge is 2.30. The summed E-state index contributed by atoms with van der Waals surface area (Å²) in [5.74, 6) is -1.81. The highest BCUT2D eigenvalue weighted by molar-refractivity contribution is 5.82. The summed E-state index contributed by atoms with van der Waals surface area (Å²) >= 11 is 0. The van der Waals surface area contributed by atoms with Crippen LogP contribution in [0, 0.1) is 11.6 Å². The summed E-state index contributed by atoms with van der Waals surface area (Å²) in [6.07, 6.45) is 1.12. The Morgan fingerprint density at radius 2 is 1.48 bits per heavy atom. The van der Waals surface area contributed by atoms with Gasteiger partial charge in [-0.1, -0.05) is 67.1 Å². The van der Waals surface area contributed by atoms with Crippen LogP contribution in [0.5, 0.6) is 0 Å². The monoisotopic (exact) mass is 716 g/mol. The van der Waals surface area contributed by atoms with E-state index >= 15 is 0 Å². The molecular weight excluding hydrogens is 675 g/mol. The lowest BCUT2D eigenvalue weighted by molar-refractivity contribution is -0.137. The van der Waals surface area contributed by atoms with Gasteiger partial charge in [0, 0.05) is 19.5 Å². The number of likely N-dealkylation sites (tertiary alicyclic amines) is 1. The third kappa shape index (κ3) is 9.11. The van der Waals surface area contributed by atoms with Crippen molar-refractivity contribution < 1.29 is 26.7 Å². The average molecular weight is 717 g/mol. The maximum atomic E-state index is 14.5. The Kier molecular flexibility index (Phi) is 11.8. The molecule has 2 heterocycles. The molecule has 0 aliphatic carbocycles. The first-order valence-electron chi connectivity index (χ1n) is 17.7. The third-order valence-electron chi connectivity index (χ3n) is 9.74. The van der Waals surface area contributed by atoms with Crippen molar-refractivity contribution in [3.8, 4) is 11.1 Å². The largest absolute Gasteiger partial charge is 0.416 e. The van der Waals surface area contributed by atoms with Gasteiger partial charge < -0.3 is 14.4 Å². The van der Waals surface area contributed by atoms with Crippen LogP contribution in [0.3, 0.4) is 0 Å². The molecule has 4 aromatic carbocycles. The van der Waals surface area contributed by atoms with Crippen molar-refractivity contribution in [1.29, 1.82) is 0 Å². The number of hydrogen-bond donors (Lipinski definition) is 0. The van der Waals surface area contributed by atoms with Gasteiger partial charge in [-0.2, -0.15) is 18.2 Å². The fourth-order valence-corrected chi connectivity index (χ4v) is 6.84. The predicted molar refractivity (Wildman–Crippen MR) is 192 cm³/mol. The minimum atomic E-state index is -4.41. The Labute approximate surface area is 299 Å². The molecule has 5 aromatic rings. The molecule has 11 heteroatoms. The molecule has 0 N–H and O–H groups in total. The Hall–Kier alpha value is -4.90. The van der Waals surface area contributed by atoms with Gasteiger partial charge in [-0.05, 0) is 104 Å². The van der Waals surface area contributed by atoms with Gasteiger partial charge in [0.25, 0.3) is 5.56 Å². The summed E-state index contributed by atoms with van der Waals surface area (Å²) in [5.41, 5.74) is 1.75. The molecule has 1 aliphatic heterocycles. The van der Waals surface area contributed by atoms with Crippen LogP contribution in [-0.4, -0.2) is 51.4 Å². The number of aryl methyl sites for hydroxylation is 2. The molecule has 52 heavy (non-hydrogen) atoms. The molecule has 1 amide bonds. The zero-order chi connectivity index (χ0) is 36.7. The second-order valence-electron chi connectivity index (χ2n) is 13.3. The number of para-hydroxylation sites is 1. The number of halogens is 5. The van der Waals surface area contributed by atoms with E-state index in [0.29, 0.717) is 35.4 Å². The summed E-state index contributed by atoms with van der Waals surface area (Å²) in [7, 11) is 0. The fourth-order valence-electron chi connectivity index (χ4n) is 6.84. The third-order valence-corrected chi connectivity index (χ3v) is 9.74. The number of fused-ring (bicyclic) bond motifs is 1. The molecule has 0 spiro atoms. The zero-order valence-corrected chi connectivity index (χ0v) is 28.8. The number of unbranched alkanes of at least 4 members (excludes halogenated alkanes) is 1. The number of carbonyl (C=O) groups is 1. The second-order valence-corrected chi connectivity index (χ2v) is 13.3. The topological polar surface area (TPSA) is 58.4 Å². The van der Waals surface area contributed by atoms with Crippen molar-refractivity contribution in [1.82, 2.24) is 19.4 Å². The van der Waals surface area contributed by atoms with E-state index in [1.165, 1.54) is 43.5 Å². The van der Waals surface area contributed by atoms with Crippen molar-refractivity contribution in [2.45, 2.75) is 64.2 Å². The van der Waals surface area contributed by atoms with Crippen molar-refractivity contribution in [2.24, 2.45) is 0 Å². The summed E-state index contributed by atoms with van der Waals surface area (Å²) in [6.45, 7) is 3.79. The van der Waals surface area contributed by atoms with Crippen molar-refractivity contribution in [3.63, 3.8) is 0 Å². The van der Waals surface area contributed by atoms with E-state index in [9.17, 15) is 31.5 Å². The fraction of sp³-hybridized carbons (Fsp3) is 0.341. The molecule has 1 aliphatic rings. The number of amides is 1. The van der Waals surface area contributed by atoms with Gasteiger partial charge in [0.2, 0.25) is 5.91 Å². The molecule has 1 saturated heterocycles. The van der Waals surface area contributed by atoms with Gasteiger partial charge in [0.1, 0.15) is 12.4 Å². The molecule has 0 bridgehead atoms. The summed E-state index contributed by atoms with van der Waals surface area (Å²) in [4.78, 5) is 35.8. The Balaban J connectivity index is 1.24. The van der Waals surface area contributed by atoms with Gasteiger partial charge in [0.15, 0.2) is 11.6 Å². The van der Waals surface area contributed by atoms with Crippen LogP contribution in [0.2, 0.25) is 0 Å². The number of nitrogens with zero attached hydrogens (tertiary/aromatic N) is 4. The van der Waals surface area contributed by atoms with E-state index in [2.05, 4.69) is 9.88 Å². The van der Waals surface area contributed by atoms with Gasteiger partial charge >= 0.3 is 6.18 Å². The maximum Gasteiger partial charge on any atom is 0.416 e. The zero-order valence-electron chi connectivity index (χ0n) is 28.8. The van der Waals surface area contributed by atoms with Crippen LogP contribution < -0.4 is 5.56 Å². The highest BCUT2D eigenvalue weighted by Crippen LogP contribution is 2.31. The summed E-state index contributed by atoms with van der Waals surface area (Å²) in [6, 6.07) is 23.3. The quantitative estimate of drug-likeness (QED) is 0.0907. The van der Waals surface area contributed by atoms with Crippen LogP contribution in [0.25, 0.3) is 22.0 Å². The smallest absolute Gasteiger partial charge is 0.337 e. The molecule has 0 atom stereocenters. The van der Waals surface area contributed by atoms with E-state index in [0.717, 1.165) is 61.8 Å². The predicted octanol–water partition coefficient (Wildman–Crippen LogP) is 8.44. The van der Waals surface area contributed by atoms with E-state index in [-0.39, 0.29) is 30.9 Å². The first-order valence-corrected chi connectivity index (χ1v) is 17.7. The first kappa shape index (κ1) is 36.9. The van der Waals surface area contributed by atoms with Crippen LogP contribution in [0.4, 0.5) is 22.0 Å². The Bertz CT molecular complexity index is 2040. The van der Waals surface area contributed by atoms with Crippen LogP contribution in [0.15, 0.2) is 95.8 Å². The van der Waals surface area contributed by atoms with E-state index in [4.69, 9.17) is 0 Å². The minimum Gasteiger partial charge on any atom is -0.337 e. The lowest BCUT2D eigenvalue weighted by atomic mass is 10.0.